The highest BCUT2D eigenvalue weighted by Crippen LogP contribution is 2.16. The second-order valence-corrected chi connectivity index (χ2v) is 4.82. The molecule has 100 valence electrons. The average molecular weight is 250 g/mol. The molecule has 0 aromatic carbocycles. The van der Waals surface area contributed by atoms with Gasteiger partial charge < -0.3 is 10.2 Å². The Hall–Kier alpha value is -1.36. The van der Waals surface area contributed by atoms with Gasteiger partial charge in [-0.25, -0.2) is 4.68 Å². The molecule has 0 radical (unpaired) electrons. The number of hydrogen-bond acceptors (Lipinski definition) is 4. The normalized spacial score (nSPS) is 17.1. The van der Waals surface area contributed by atoms with Gasteiger partial charge in [0.05, 0.1) is 18.4 Å². The summed E-state index contributed by atoms with van der Waals surface area (Å²) in [6.07, 6.45) is 5.22. The summed E-state index contributed by atoms with van der Waals surface area (Å²) in [4.78, 5) is 14.2. The van der Waals surface area contributed by atoms with E-state index in [1.54, 1.807) is 10.7 Å². The minimum absolute atomic E-state index is 0.00639. The Morgan fingerprint density at radius 2 is 2.17 bits per heavy atom. The summed E-state index contributed by atoms with van der Waals surface area (Å²) in [5.41, 5.74) is 0.958. The van der Waals surface area contributed by atoms with E-state index in [-0.39, 0.29) is 5.56 Å². The van der Waals surface area contributed by atoms with Crippen LogP contribution in [-0.2, 0) is 6.54 Å². The first-order chi connectivity index (χ1) is 8.74. The van der Waals surface area contributed by atoms with Crippen LogP contribution in [0.2, 0.25) is 0 Å². The number of nitrogens with one attached hydrogen (secondary N) is 1. The van der Waals surface area contributed by atoms with Gasteiger partial charge in [-0.2, -0.15) is 5.10 Å². The maximum Gasteiger partial charge on any atom is 0.268 e. The summed E-state index contributed by atoms with van der Waals surface area (Å²) in [5.74, 6) is 0. The van der Waals surface area contributed by atoms with E-state index in [2.05, 4.69) is 22.2 Å². The van der Waals surface area contributed by atoms with Gasteiger partial charge in [0.1, 0.15) is 0 Å². The second kappa shape index (κ2) is 6.00. The lowest BCUT2D eigenvalue weighted by molar-refractivity contribution is 0.429. The molecule has 5 heteroatoms. The van der Waals surface area contributed by atoms with E-state index >= 15 is 0 Å². The molecule has 0 aliphatic carbocycles. The molecule has 1 aliphatic rings. The Bertz CT molecular complexity index is 433. The van der Waals surface area contributed by atoms with E-state index < -0.39 is 0 Å². The van der Waals surface area contributed by atoms with Crippen molar-refractivity contribution in [2.45, 2.75) is 38.8 Å². The van der Waals surface area contributed by atoms with E-state index in [0.29, 0.717) is 12.6 Å². The number of likely N-dealkylation sites (N-methyl/N-ethyl adjacent to an activating group) is 1. The lowest BCUT2D eigenvalue weighted by Gasteiger charge is -2.18. The summed E-state index contributed by atoms with van der Waals surface area (Å²) >= 11 is 0. The molecule has 2 rings (SSSR count). The van der Waals surface area contributed by atoms with Crippen molar-refractivity contribution in [3.63, 3.8) is 0 Å². The summed E-state index contributed by atoms with van der Waals surface area (Å²) in [6.45, 7) is 4.81. The predicted molar refractivity (Wildman–Crippen MR) is 73.1 cm³/mol. The molecule has 1 unspecified atom stereocenters. The Balaban J connectivity index is 2.12. The Labute approximate surface area is 108 Å². The van der Waals surface area contributed by atoms with Crippen LogP contribution in [-0.4, -0.2) is 36.0 Å². The fourth-order valence-corrected chi connectivity index (χ4v) is 2.34. The lowest BCUT2D eigenvalue weighted by atomic mass is 10.2. The molecule has 1 aromatic rings. The molecule has 1 aromatic heterocycles. The van der Waals surface area contributed by atoms with Crippen LogP contribution in [0, 0.1) is 0 Å². The molecule has 2 heterocycles. The second-order valence-electron chi connectivity index (χ2n) is 4.82. The van der Waals surface area contributed by atoms with Crippen molar-refractivity contribution in [3.05, 3.63) is 22.6 Å². The van der Waals surface area contributed by atoms with Crippen molar-refractivity contribution in [1.82, 2.24) is 15.1 Å². The van der Waals surface area contributed by atoms with Crippen LogP contribution in [0.25, 0.3) is 0 Å². The maximum atomic E-state index is 12.0. The van der Waals surface area contributed by atoms with Crippen LogP contribution in [0.3, 0.4) is 0 Å². The highest BCUT2D eigenvalue weighted by molar-refractivity contribution is 5.43. The average Bonchev–Trinajstić information content (AvgIpc) is 2.91. The van der Waals surface area contributed by atoms with Gasteiger partial charge in [-0.05, 0) is 26.3 Å². The van der Waals surface area contributed by atoms with Crippen LogP contribution >= 0.6 is 0 Å². The fourth-order valence-electron chi connectivity index (χ4n) is 2.34. The van der Waals surface area contributed by atoms with Crippen molar-refractivity contribution in [3.8, 4) is 0 Å². The van der Waals surface area contributed by atoms with E-state index in [0.717, 1.165) is 25.2 Å². The Morgan fingerprint density at radius 3 is 2.72 bits per heavy atom. The first-order valence-corrected chi connectivity index (χ1v) is 6.74. The van der Waals surface area contributed by atoms with Gasteiger partial charge >= 0.3 is 0 Å². The van der Waals surface area contributed by atoms with Crippen LogP contribution in [0.15, 0.2) is 17.1 Å². The van der Waals surface area contributed by atoms with Crippen molar-refractivity contribution >= 4 is 5.69 Å². The molecular weight excluding hydrogens is 228 g/mol. The quantitative estimate of drug-likeness (QED) is 0.841. The minimum atomic E-state index is -0.00639. The highest BCUT2D eigenvalue weighted by atomic mass is 16.1. The van der Waals surface area contributed by atoms with Gasteiger partial charge in [0.15, 0.2) is 0 Å². The standard InChI is InChI=1S/C13H22N4O/c1-3-11(14-2)10-17-13(18)8-12(9-15-17)16-6-4-5-7-16/h8-9,11,14H,3-7,10H2,1-2H3. The van der Waals surface area contributed by atoms with E-state index in [9.17, 15) is 4.79 Å². The van der Waals surface area contributed by atoms with Crippen molar-refractivity contribution in [2.24, 2.45) is 0 Å². The molecule has 1 aliphatic heterocycles. The summed E-state index contributed by atoms with van der Waals surface area (Å²) in [5, 5.41) is 7.47. The van der Waals surface area contributed by atoms with Crippen LogP contribution in [0.4, 0.5) is 5.69 Å². The monoisotopic (exact) mass is 250 g/mol. The molecule has 0 spiro atoms. The molecule has 18 heavy (non-hydrogen) atoms. The fraction of sp³-hybridized carbons (Fsp3) is 0.692. The van der Waals surface area contributed by atoms with Crippen molar-refractivity contribution in [2.75, 3.05) is 25.0 Å². The number of anilines is 1. The lowest BCUT2D eigenvalue weighted by Crippen LogP contribution is -2.35. The Kier molecular flexibility index (Phi) is 4.36. The predicted octanol–water partition coefficient (Wildman–Crippen LogP) is 0.841. The third-order valence-electron chi connectivity index (χ3n) is 3.62. The van der Waals surface area contributed by atoms with Gasteiger partial charge in [-0.15, -0.1) is 0 Å². The molecule has 0 amide bonds. The van der Waals surface area contributed by atoms with Crippen molar-refractivity contribution < 1.29 is 0 Å². The van der Waals surface area contributed by atoms with Gasteiger partial charge in [0, 0.05) is 25.2 Å². The SMILES string of the molecule is CCC(Cn1ncc(N2CCCC2)cc1=O)NC. The zero-order valence-corrected chi connectivity index (χ0v) is 11.2. The van der Waals surface area contributed by atoms with E-state index in [1.165, 1.54) is 12.8 Å². The molecule has 0 saturated carbocycles. The number of aromatic nitrogens is 2. The van der Waals surface area contributed by atoms with E-state index in [1.807, 2.05) is 13.2 Å². The minimum Gasteiger partial charge on any atom is -0.370 e. The summed E-state index contributed by atoms with van der Waals surface area (Å²) < 4.78 is 1.55. The van der Waals surface area contributed by atoms with Gasteiger partial charge in [-0.3, -0.25) is 4.79 Å². The number of hydrogen-bond donors (Lipinski definition) is 1. The Morgan fingerprint density at radius 1 is 1.44 bits per heavy atom. The van der Waals surface area contributed by atoms with Gasteiger partial charge in [0.25, 0.3) is 5.56 Å². The first kappa shape index (κ1) is 13.1. The molecule has 1 atom stereocenters. The third-order valence-corrected chi connectivity index (χ3v) is 3.62. The zero-order chi connectivity index (χ0) is 13.0. The molecule has 5 nitrogen and oxygen atoms in total. The zero-order valence-electron chi connectivity index (χ0n) is 11.2. The van der Waals surface area contributed by atoms with Crippen LogP contribution in [0.5, 0.6) is 0 Å². The molecule has 1 fully saturated rings. The van der Waals surface area contributed by atoms with E-state index in [4.69, 9.17) is 0 Å². The van der Waals surface area contributed by atoms with Gasteiger partial charge in [0.2, 0.25) is 0 Å². The maximum absolute atomic E-state index is 12.0. The van der Waals surface area contributed by atoms with Crippen LogP contribution in [0.1, 0.15) is 26.2 Å². The summed E-state index contributed by atoms with van der Waals surface area (Å²) in [6, 6.07) is 2.01. The van der Waals surface area contributed by atoms with Gasteiger partial charge in [-0.1, -0.05) is 6.92 Å². The third kappa shape index (κ3) is 2.90. The molecule has 1 saturated heterocycles. The molecule has 0 bridgehead atoms. The molecule has 1 N–H and O–H groups in total. The molecular formula is C13H22N4O. The van der Waals surface area contributed by atoms with Crippen molar-refractivity contribution in [1.29, 1.82) is 0 Å². The number of nitrogens with zero attached hydrogens (tertiary/aromatic N) is 3. The first-order valence-electron chi connectivity index (χ1n) is 6.74. The topological polar surface area (TPSA) is 50.2 Å². The summed E-state index contributed by atoms with van der Waals surface area (Å²) in [7, 11) is 1.91. The number of rotatable bonds is 5. The van der Waals surface area contributed by atoms with Crippen LogP contribution < -0.4 is 15.8 Å². The highest BCUT2D eigenvalue weighted by Gasteiger charge is 2.14. The largest absolute Gasteiger partial charge is 0.370 e. The smallest absolute Gasteiger partial charge is 0.268 e.